The Bertz CT molecular complexity index is 1620. The number of benzene rings is 2. The van der Waals surface area contributed by atoms with Crippen LogP contribution < -0.4 is 16.4 Å². The zero-order valence-electron chi connectivity index (χ0n) is 19.0. The Hall–Kier alpha value is -4.46. The first-order valence-electron chi connectivity index (χ1n) is 10.9. The van der Waals surface area contributed by atoms with Crippen molar-refractivity contribution in [2.75, 3.05) is 5.32 Å². The molecule has 0 fully saturated rings. The highest BCUT2D eigenvalue weighted by Crippen LogP contribution is 2.33. The predicted molar refractivity (Wildman–Crippen MR) is 132 cm³/mol. The summed E-state index contributed by atoms with van der Waals surface area (Å²) in [7, 11) is 0. The van der Waals surface area contributed by atoms with Crippen LogP contribution in [0.15, 0.2) is 74.8 Å². The van der Waals surface area contributed by atoms with E-state index in [9.17, 15) is 9.59 Å². The number of hydrogen-bond donors (Lipinski definition) is 3. The molecule has 34 heavy (non-hydrogen) atoms. The third kappa shape index (κ3) is 3.79. The number of aromatic nitrogens is 4. The van der Waals surface area contributed by atoms with E-state index in [2.05, 4.69) is 25.5 Å². The fourth-order valence-corrected chi connectivity index (χ4v) is 4.16. The van der Waals surface area contributed by atoms with Gasteiger partial charge in [0.05, 0.1) is 17.1 Å². The van der Waals surface area contributed by atoms with Gasteiger partial charge in [0, 0.05) is 22.9 Å². The van der Waals surface area contributed by atoms with Crippen LogP contribution in [0.2, 0.25) is 0 Å². The Labute approximate surface area is 194 Å². The van der Waals surface area contributed by atoms with Crippen LogP contribution in [-0.2, 0) is 0 Å². The molecule has 5 rings (SSSR count). The number of hydrogen-bond acceptors (Lipinski definition) is 6. The molecule has 8 nitrogen and oxygen atoms in total. The predicted octanol–water partition coefficient (Wildman–Crippen LogP) is 4.72. The van der Waals surface area contributed by atoms with E-state index in [1.54, 1.807) is 19.2 Å². The molecule has 0 saturated carbocycles. The maximum absolute atomic E-state index is 13.3. The molecular weight excluding hydrogens is 430 g/mol. The zero-order valence-corrected chi connectivity index (χ0v) is 19.0. The second-order valence-corrected chi connectivity index (χ2v) is 8.27. The van der Waals surface area contributed by atoms with Crippen LogP contribution in [0.3, 0.4) is 0 Å². The maximum atomic E-state index is 13.3. The Morgan fingerprint density at radius 2 is 1.82 bits per heavy atom. The van der Waals surface area contributed by atoms with Crippen LogP contribution in [0.5, 0.6) is 0 Å². The molecule has 8 heteroatoms. The van der Waals surface area contributed by atoms with Crippen molar-refractivity contribution in [3.63, 3.8) is 0 Å². The monoisotopic (exact) mass is 453 g/mol. The van der Waals surface area contributed by atoms with Gasteiger partial charge in [0.15, 0.2) is 11.3 Å². The first-order chi connectivity index (χ1) is 16.4. The van der Waals surface area contributed by atoms with E-state index in [1.165, 1.54) is 0 Å². The van der Waals surface area contributed by atoms with Crippen molar-refractivity contribution >= 4 is 16.7 Å². The first kappa shape index (κ1) is 21.4. The Kier molecular flexibility index (Phi) is 5.33. The summed E-state index contributed by atoms with van der Waals surface area (Å²) in [5, 5.41) is 10.4. The summed E-state index contributed by atoms with van der Waals surface area (Å²) in [4.78, 5) is 31.9. The van der Waals surface area contributed by atoms with Gasteiger partial charge in [-0.15, -0.1) is 0 Å². The highest BCUT2D eigenvalue weighted by molar-refractivity contribution is 5.85. The molecule has 0 aliphatic carbocycles. The molecule has 5 aromatic rings. The number of aromatic amines is 2. The Morgan fingerprint density at radius 3 is 2.56 bits per heavy atom. The van der Waals surface area contributed by atoms with Gasteiger partial charge in [0.2, 0.25) is 0 Å². The molecule has 0 radical (unpaired) electrons. The molecule has 0 saturated heterocycles. The smallest absolute Gasteiger partial charge is 0.340 e. The summed E-state index contributed by atoms with van der Waals surface area (Å²) in [6.07, 6.45) is 1.63. The molecule has 3 aromatic heterocycles. The fourth-order valence-electron chi connectivity index (χ4n) is 4.16. The number of nitrogens with zero attached hydrogens (tertiary/aromatic N) is 2. The van der Waals surface area contributed by atoms with Crippen LogP contribution in [0.25, 0.3) is 33.8 Å². The molecule has 0 unspecified atom stereocenters. The van der Waals surface area contributed by atoms with Crippen LogP contribution in [0, 0.1) is 13.8 Å². The molecule has 2 aromatic carbocycles. The average Bonchev–Trinajstić information content (AvgIpc) is 3.28. The molecule has 0 amide bonds. The van der Waals surface area contributed by atoms with Crippen molar-refractivity contribution in [2.24, 2.45) is 0 Å². The minimum Gasteiger partial charge on any atom is -0.455 e. The van der Waals surface area contributed by atoms with Gasteiger partial charge in [-0.2, -0.15) is 5.10 Å². The van der Waals surface area contributed by atoms with Gasteiger partial charge in [-0.25, -0.2) is 9.89 Å². The largest absolute Gasteiger partial charge is 0.455 e. The van der Waals surface area contributed by atoms with Gasteiger partial charge in [0.25, 0.3) is 0 Å². The van der Waals surface area contributed by atoms with E-state index in [0.717, 1.165) is 16.7 Å². The molecule has 0 spiro atoms. The summed E-state index contributed by atoms with van der Waals surface area (Å²) >= 11 is 0. The third-order valence-corrected chi connectivity index (χ3v) is 5.80. The molecule has 0 aliphatic rings. The van der Waals surface area contributed by atoms with Crippen molar-refractivity contribution in [1.82, 2.24) is 20.2 Å². The van der Waals surface area contributed by atoms with Crippen molar-refractivity contribution in [3.05, 3.63) is 98.2 Å². The SMILES string of the molecule is Cc1cc([C@@H](C)Nc2cccnc2-c2n[nH]c(=O)[nH]2)c2oc(-c3ccccc3)c(C)c(=O)c2c1. The lowest BCUT2D eigenvalue weighted by molar-refractivity contribution is 0.605. The zero-order chi connectivity index (χ0) is 23.8. The van der Waals surface area contributed by atoms with Crippen molar-refractivity contribution < 1.29 is 4.42 Å². The Morgan fingerprint density at radius 1 is 1.03 bits per heavy atom. The topological polar surface area (TPSA) is 117 Å². The molecule has 1 atom stereocenters. The van der Waals surface area contributed by atoms with Crippen LogP contribution in [0.4, 0.5) is 5.69 Å². The third-order valence-electron chi connectivity index (χ3n) is 5.80. The van der Waals surface area contributed by atoms with Gasteiger partial charge in [-0.1, -0.05) is 36.4 Å². The van der Waals surface area contributed by atoms with Gasteiger partial charge in [-0.05, 0) is 44.5 Å². The number of fused-ring (bicyclic) bond motifs is 1. The summed E-state index contributed by atoms with van der Waals surface area (Å²) in [5.74, 6) is 0.898. The van der Waals surface area contributed by atoms with Crippen molar-refractivity contribution in [1.29, 1.82) is 0 Å². The minimum absolute atomic E-state index is 0.0478. The van der Waals surface area contributed by atoms with Crippen molar-refractivity contribution in [2.45, 2.75) is 26.8 Å². The van der Waals surface area contributed by atoms with Gasteiger partial charge < -0.3 is 9.73 Å². The lowest BCUT2D eigenvalue weighted by atomic mass is 9.98. The molecule has 0 bridgehead atoms. The Balaban J connectivity index is 1.64. The van der Waals surface area contributed by atoms with Crippen LogP contribution in [0.1, 0.15) is 29.7 Å². The maximum Gasteiger partial charge on any atom is 0.340 e. The normalized spacial score (nSPS) is 12.1. The van der Waals surface area contributed by atoms with E-state index < -0.39 is 5.69 Å². The molecule has 0 aliphatic heterocycles. The molecule has 170 valence electrons. The first-order valence-corrected chi connectivity index (χ1v) is 10.9. The van der Waals surface area contributed by atoms with Gasteiger partial charge in [-0.3, -0.25) is 14.8 Å². The summed E-state index contributed by atoms with van der Waals surface area (Å²) < 4.78 is 6.40. The van der Waals surface area contributed by atoms with E-state index in [0.29, 0.717) is 39.5 Å². The lowest BCUT2D eigenvalue weighted by Crippen LogP contribution is -2.13. The summed E-state index contributed by atoms with van der Waals surface area (Å²) in [6.45, 7) is 5.74. The highest BCUT2D eigenvalue weighted by atomic mass is 16.3. The minimum atomic E-state index is -0.407. The molecular formula is C26H23N5O3. The lowest BCUT2D eigenvalue weighted by Gasteiger charge is -2.19. The van der Waals surface area contributed by atoms with Crippen LogP contribution in [-0.4, -0.2) is 20.2 Å². The number of nitrogens with one attached hydrogen (secondary N) is 3. The summed E-state index contributed by atoms with van der Waals surface area (Å²) in [5.41, 5.74) is 4.50. The molecule has 3 N–H and O–H groups in total. The molecule has 3 heterocycles. The number of aryl methyl sites for hydroxylation is 1. The average molecular weight is 454 g/mol. The van der Waals surface area contributed by atoms with Crippen molar-refractivity contribution in [3.8, 4) is 22.8 Å². The van der Waals surface area contributed by atoms with Crippen LogP contribution >= 0.6 is 0 Å². The summed E-state index contributed by atoms with van der Waals surface area (Å²) in [6, 6.07) is 16.9. The quantitative estimate of drug-likeness (QED) is 0.354. The highest BCUT2D eigenvalue weighted by Gasteiger charge is 2.20. The van der Waals surface area contributed by atoms with E-state index in [-0.39, 0.29) is 11.5 Å². The number of H-pyrrole nitrogens is 2. The van der Waals surface area contributed by atoms with Gasteiger partial charge >= 0.3 is 5.69 Å². The second kappa shape index (κ2) is 8.47. The van der Waals surface area contributed by atoms with E-state index in [4.69, 9.17) is 4.42 Å². The van der Waals surface area contributed by atoms with E-state index >= 15 is 0 Å². The standard InChI is InChI=1S/C26H23N5O3/c1-14-12-18(16(3)28-20-10-7-11-27-21(20)25-29-26(33)31-30-25)24-19(13-14)22(32)15(2)23(34-24)17-8-5-4-6-9-17/h4-13,16,28H,1-3H3,(H2,29,30,31,33)/t16-/m1/s1. The number of anilines is 1. The second-order valence-electron chi connectivity index (χ2n) is 8.27. The van der Waals surface area contributed by atoms with Gasteiger partial charge in [0.1, 0.15) is 17.0 Å². The number of rotatable bonds is 5. The number of pyridine rings is 1. The van der Waals surface area contributed by atoms with E-state index in [1.807, 2.05) is 62.4 Å². The fraction of sp³-hybridized carbons (Fsp3) is 0.154.